The summed E-state index contributed by atoms with van der Waals surface area (Å²) in [7, 11) is 0. The van der Waals surface area contributed by atoms with Gasteiger partial charge in [-0.25, -0.2) is 0 Å². The van der Waals surface area contributed by atoms with E-state index < -0.39 is 0 Å². The first kappa shape index (κ1) is 8.48. The van der Waals surface area contributed by atoms with E-state index in [1.807, 2.05) is 0 Å². The van der Waals surface area contributed by atoms with E-state index in [4.69, 9.17) is 5.11 Å². The number of hydrogen-bond acceptors (Lipinski definition) is 3. The smallest absolute Gasteiger partial charge is 0.0471 e. The van der Waals surface area contributed by atoms with E-state index in [1.54, 1.807) is 0 Å². The van der Waals surface area contributed by atoms with Crippen LogP contribution in [0.4, 0.5) is 0 Å². The summed E-state index contributed by atoms with van der Waals surface area (Å²) in [6.45, 7) is 4.92. The van der Waals surface area contributed by atoms with Gasteiger partial charge in [0.1, 0.15) is 0 Å². The average Bonchev–Trinajstić information content (AvgIpc) is 2.17. The number of aliphatic hydroxyl groups is 1. The van der Waals surface area contributed by atoms with Gasteiger partial charge < -0.3 is 10.4 Å². The van der Waals surface area contributed by atoms with Crippen LogP contribution in [0.15, 0.2) is 0 Å². The van der Waals surface area contributed by atoms with Gasteiger partial charge in [0.15, 0.2) is 0 Å². The van der Waals surface area contributed by atoms with Crippen LogP contribution in [-0.2, 0) is 0 Å². The molecule has 0 bridgehead atoms. The number of hydrogen-bond donors (Lipinski definition) is 2. The molecule has 0 aromatic carbocycles. The van der Waals surface area contributed by atoms with Crippen LogP contribution in [0.25, 0.3) is 0 Å². The Bertz CT molecular complexity index is 151. The Hall–Kier alpha value is -0.120. The molecule has 2 aliphatic heterocycles. The molecular weight excluding hydrogens is 152 g/mol. The van der Waals surface area contributed by atoms with Crippen molar-refractivity contribution < 1.29 is 5.11 Å². The van der Waals surface area contributed by atoms with Crippen molar-refractivity contribution in [1.29, 1.82) is 0 Å². The first-order valence-electron chi connectivity index (χ1n) is 4.96. The zero-order chi connectivity index (χ0) is 8.39. The van der Waals surface area contributed by atoms with Gasteiger partial charge in [0.25, 0.3) is 0 Å². The van der Waals surface area contributed by atoms with Gasteiger partial charge in [-0.3, -0.25) is 4.90 Å². The van der Waals surface area contributed by atoms with Gasteiger partial charge >= 0.3 is 0 Å². The van der Waals surface area contributed by atoms with E-state index in [0.717, 1.165) is 25.7 Å². The molecule has 2 rings (SSSR count). The zero-order valence-corrected chi connectivity index (χ0v) is 7.50. The van der Waals surface area contributed by atoms with Crippen molar-refractivity contribution >= 4 is 0 Å². The molecule has 12 heavy (non-hydrogen) atoms. The van der Waals surface area contributed by atoms with Crippen molar-refractivity contribution in [3.8, 4) is 0 Å². The van der Waals surface area contributed by atoms with Crippen LogP contribution in [0, 0.1) is 5.92 Å². The first-order chi connectivity index (χ1) is 5.90. The summed E-state index contributed by atoms with van der Waals surface area (Å²) in [4.78, 5) is 2.53. The number of nitrogens with zero attached hydrogens (tertiary/aromatic N) is 1. The van der Waals surface area contributed by atoms with Crippen LogP contribution >= 0.6 is 0 Å². The third-order valence-corrected chi connectivity index (χ3v) is 3.13. The number of piperidine rings is 1. The second-order valence-corrected chi connectivity index (χ2v) is 3.98. The van der Waals surface area contributed by atoms with Gasteiger partial charge in [-0.15, -0.1) is 0 Å². The molecule has 2 N–H and O–H groups in total. The van der Waals surface area contributed by atoms with Crippen molar-refractivity contribution in [1.82, 2.24) is 10.2 Å². The van der Waals surface area contributed by atoms with E-state index >= 15 is 0 Å². The maximum Gasteiger partial charge on any atom is 0.0471 e. The zero-order valence-electron chi connectivity index (χ0n) is 7.50. The van der Waals surface area contributed by atoms with E-state index in [2.05, 4.69) is 10.2 Å². The molecule has 2 aliphatic rings. The second kappa shape index (κ2) is 3.73. The monoisotopic (exact) mass is 170 g/mol. The molecule has 0 aliphatic carbocycles. The van der Waals surface area contributed by atoms with Gasteiger partial charge in [-0.05, 0) is 18.8 Å². The summed E-state index contributed by atoms with van der Waals surface area (Å²) in [5.41, 5.74) is 0. The minimum atomic E-state index is 0.372. The average molecular weight is 170 g/mol. The van der Waals surface area contributed by atoms with Gasteiger partial charge in [0.2, 0.25) is 0 Å². The molecule has 1 unspecified atom stereocenters. The lowest BCUT2D eigenvalue weighted by atomic mass is 9.92. The largest absolute Gasteiger partial charge is 0.396 e. The summed E-state index contributed by atoms with van der Waals surface area (Å²) in [6, 6.07) is 0.751. The molecule has 70 valence electrons. The molecule has 0 radical (unpaired) electrons. The number of nitrogens with one attached hydrogen (secondary N) is 1. The lowest BCUT2D eigenvalue weighted by Crippen LogP contribution is -2.55. The normalized spacial score (nSPS) is 37.8. The van der Waals surface area contributed by atoms with Crippen LogP contribution in [-0.4, -0.2) is 48.8 Å². The van der Waals surface area contributed by atoms with Gasteiger partial charge in [-0.1, -0.05) is 0 Å². The van der Waals surface area contributed by atoms with Crippen LogP contribution in [0.1, 0.15) is 12.8 Å². The van der Waals surface area contributed by atoms with Gasteiger partial charge in [0.05, 0.1) is 0 Å². The maximum absolute atomic E-state index is 9.04. The Morgan fingerprint density at radius 1 is 1.42 bits per heavy atom. The molecule has 3 heteroatoms. The van der Waals surface area contributed by atoms with Crippen molar-refractivity contribution in [3.05, 3.63) is 0 Å². The second-order valence-electron chi connectivity index (χ2n) is 3.98. The standard InChI is InChI=1S/C9H18N2O/c12-7-8-1-2-9-5-10-3-4-11(9)6-8/h8-10,12H,1-7H2/t8-,9?/m0/s1. The lowest BCUT2D eigenvalue weighted by Gasteiger charge is -2.42. The number of aliphatic hydroxyl groups excluding tert-OH is 1. The predicted octanol–water partition coefficient (Wildman–Crippen LogP) is -0.337. The number of fused-ring (bicyclic) bond motifs is 1. The molecule has 0 aromatic rings. The molecule has 0 aromatic heterocycles. The molecule has 2 saturated heterocycles. The van der Waals surface area contributed by atoms with Crippen molar-refractivity contribution in [3.63, 3.8) is 0 Å². The fourth-order valence-electron chi connectivity index (χ4n) is 2.33. The van der Waals surface area contributed by atoms with Crippen molar-refractivity contribution in [2.75, 3.05) is 32.8 Å². The summed E-state index contributed by atoms with van der Waals surface area (Å²) in [5, 5.41) is 12.5. The SMILES string of the molecule is OC[C@H]1CCC2CNCCN2C1. The van der Waals surface area contributed by atoms with E-state index in [1.165, 1.54) is 19.4 Å². The predicted molar refractivity (Wildman–Crippen MR) is 48.0 cm³/mol. The quantitative estimate of drug-likeness (QED) is 0.565. The minimum Gasteiger partial charge on any atom is -0.396 e. The highest BCUT2D eigenvalue weighted by atomic mass is 16.3. The third kappa shape index (κ3) is 1.63. The van der Waals surface area contributed by atoms with E-state index in [0.29, 0.717) is 12.5 Å². The molecule has 2 fully saturated rings. The third-order valence-electron chi connectivity index (χ3n) is 3.13. The lowest BCUT2D eigenvalue weighted by molar-refractivity contribution is 0.0599. The summed E-state index contributed by atoms with van der Waals surface area (Å²) < 4.78 is 0. The Kier molecular flexibility index (Phi) is 2.63. The van der Waals surface area contributed by atoms with Crippen LogP contribution in [0.5, 0.6) is 0 Å². The molecule has 2 atom stereocenters. The van der Waals surface area contributed by atoms with Crippen LogP contribution in [0.3, 0.4) is 0 Å². The Labute approximate surface area is 73.8 Å². The Morgan fingerprint density at radius 2 is 2.33 bits per heavy atom. The fourth-order valence-corrected chi connectivity index (χ4v) is 2.33. The first-order valence-corrected chi connectivity index (χ1v) is 4.96. The van der Waals surface area contributed by atoms with Crippen molar-refractivity contribution in [2.45, 2.75) is 18.9 Å². The molecule has 2 heterocycles. The highest BCUT2D eigenvalue weighted by molar-refractivity contribution is 4.86. The van der Waals surface area contributed by atoms with E-state index in [9.17, 15) is 0 Å². The molecule has 0 spiro atoms. The van der Waals surface area contributed by atoms with Crippen molar-refractivity contribution in [2.24, 2.45) is 5.92 Å². The molecule has 0 saturated carbocycles. The Morgan fingerprint density at radius 3 is 3.17 bits per heavy atom. The number of piperazine rings is 1. The van der Waals surface area contributed by atoms with Crippen LogP contribution in [0.2, 0.25) is 0 Å². The Balaban J connectivity index is 1.90. The topological polar surface area (TPSA) is 35.5 Å². The molecule has 3 nitrogen and oxygen atoms in total. The molecule has 0 amide bonds. The fraction of sp³-hybridized carbons (Fsp3) is 1.00. The summed E-state index contributed by atoms with van der Waals surface area (Å²) in [6.07, 6.45) is 2.47. The maximum atomic E-state index is 9.04. The number of rotatable bonds is 1. The summed E-state index contributed by atoms with van der Waals surface area (Å²) in [5.74, 6) is 0.541. The van der Waals surface area contributed by atoms with Crippen LogP contribution < -0.4 is 5.32 Å². The minimum absolute atomic E-state index is 0.372. The van der Waals surface area contributed by atoms with E-state index in [-0.39, 0.29) is 0 Å². The highest BCUT2D eigenvalue weighted by Crippen LogP contribution is 2.22. The summed E-state index contributed by atoms with van der Waals surface area (Å²) >= 11 is 0. The highest BCUT2D eigenvalue weighted by Gasteiger charge is 2.29. The van der Waals surface area contributed by atoms with Gasteiger partial charge in [-0.2, -0.15) is 0 Å². The molecular formula is C9H18N2O. The van der Waals surface area contributed by atoms with Gasteiger partial charge in [0, 0.05) is 38.8 Å².